The van der Waals surface area contributed by atoms with Crippen LogP contribution in [0.1, 0.15) is 27.9 Å². The van der Waals surface area contributed by atoms with E-state index in [1.165, 1.54) is 0 Å². The largest absolute Gasteiger partial charge is 0.494 e. The number of halogens is 1. The summed E-state index contributed by atoms with van der Waals surface area (Å²) < 4.78 is 11.5. The smallest absolute Gasteiger partial charge is 0.262 e. The number of nitrogens with one attached hydrogen (secondary N) is 1. The van der Waals surface area contributed by atoms with E-state index in [4.69, 9.17) is 21.1 Å². The normalized spacial score (nSPS) is 10.7. The average Bonchev–Trinajstić information content (AvgIpc) is 2.82. The molecule has 0 saturated heterocycles. The van der Waals surface area contributed by atoms with Crippen molar-refractivity contribution in [1.82, 2.24) is 4.90 Å². The maximum Gasteiger partial charge on any atom is 0.262 e. The average molecular weight is 481 g/mol. The molecule has 1 N–H and O–H groups in total. The van der Waals surface area contributed by atoms with Gasteiger partial charge in [0.1, 0.15) is 11.5 Å². The van der Waals surface area contributed by atoms with E-state index in [1.54, 1.807) is 48.5 Å². The van der Waals surface area contributed by atoms with Crippen LogP contribution in [-0.2, 0) is 4.79 Å². The Hall–Kier alpha value is -3.35. The molecule has 0 bridgehead atoms. The van der Waals surface area contributed by atoms with Crippen LogP contribution in [0.3, 0.4) is 0 Å². The third kappa shape index (κ3) is 7.33. The van der Waals surface area contributed by atoms with Crippen molar-refractivity contribution in [3.05, 3.63) is 88.4 Å². The van der Waals surface area contributed by atoms with Gasteiger partial charge in [-0.25, -0.2) is 0 Å². The molecule has 0 aliphatic rings. The molecule has 0 spiro atoms. The van der Waals surface area contributed by atoms with Gasteiger partial charge >= 0.3 is 0 Å². The number of nitrogens with zero attached hydrogens (tertiary/aromatic N) is 1. The number of rotatable bonds is 11. The summed E-state index contributed by atoms with van der Waals surface area (Å²) in [6.07, 6.45) is 0.932. The molecule has 178 valence electrons. The lowest BCUT2D eigenvalue weighted by Crippen LogP contribution is -2.21. The third-order valence-corrected chi connectivity index (χ3v) is 5.31. The molecule has 1 amide bonds. The number of ether oxygens (including phenoxy) is 2. The highest BCUT2D eigenvalue weighted by molar-refractivity contribution is 6.31. The summed E-state index contributed by atoms with van der Waals surface area (Å²) in [6, 6.07) is 19.1. The highest BCUT2D eigenvalue weighted by atomic mass is 35.5. The van der Waals surface area contributed by atoms with Crippen LogP contribution in [0.15, 0.2) is 66.7 Å². The van der Waals surface area contributed by atoms with Crippen LogP contribution in [-0.4, -0.2) is 50.4 Å². The molecule has 0 saturated carbocycles. The molecule has 7 heteroatoms. The van der Waals surface area contributed by atoms with Gasteiger partial charge in [0.15, 0.2) is 12.4 Å². The van der Waals surface area contributed by atoms with Crippen LogP contribution in [0.25, 0.3) is 0 Å². The van der Waals surface area contributed by atoms with E-state index in [9.17, 15) is 9.59 Å². The number of ketones is 1. The number of hydrogen-bond acceptors (Lipinski definition) is 5. The van der Waals surface area contributed by atoms with Crippen molar-refractivity contribution in [2.24, 2.45) is 0 Å². The zero-order chi connectivity index (χ0) is 24.5. The maximum atomic E-state index is 12.9. The van der Waals surface area contributed by atoms with Gasteiger partial charge in [-0.1, -0.05) is 41.9 Å². The van der Waals surface area contributed by atoms with Crippen LogP contribution in [0.4, 0.5) is 5.69 Å². The summed E-state index contributed by atoms with van der Waals surface area (Å²) in [5.74, 6) is 0.494. The fraction of sp³-hybridized carbons (Fsp3) is 0.259. The van der Waals surface area contributed by atoms with E-state index in [2.05, 4.69) is 10.2 Å². The zero-order valence-corrected chi connectivity index (χ0v) is 20.4. The molecule has 3 aromatic rings. The van der Waals surface area contributed by atoms with Crippen molar-refractivity contribution in [3.63, 3.8) is 0 Å². The van der Waals surface area contributed by atoms with Crippen LogP contribution in [0, 0.1) is 6.92 Å². The third-order valence-electron chi connectivity index (χ3n) is 5.07. The monoisotopic (exact) mass is 480 g/mol. The molecule has 0 radical (unpaired) electrons. The number of hydrogen-bond donors (Lipinski definition) is 1. The standard InChI is InChI=1S/C27H29ClN2O4/c1-19-16-22(33-15-7-14-30(2)3)11-12-24(19)29-26(31)18-34-25-13-10-21(28)17-23(25)27(32)20-8-5-4-6-9-20/h4-6,8-13,16-17H,7,14-15,18H2,1-3H3,(H,29,31). The molecule has 3 rings (SSSR count). The summed E-state index contributed by atoms with van der Waals surface area (Å²) in [5, 5.41) is 3.26. The number of carbonyl (C=O) groups is 2. The van der Waals surface area contributed by atoms with E-state index < -0.39 is 0 Å². The van der Waals surface area contributed by atoms with Gasteiger partial charge in [-0.05, 0) is 69.4 Å². The van der Waals surface area contributed by atoms with Gasteiger partial charge in [-0.3, -0.25) is 9.59 Å². The maximum absolute atomic E-state index is 12.9. The Morgan fingerprint density at radius 2 is 1.74 bits per heavy atom. The fourth-order valence-corrected chi connectivity index (χ4v) is 3.49. The van der Waals surface area contributed by atoms with Crippen molar-refractivity contribution >= 4 is 29.0 Å². The van der Waals surface area contributed by atoms with Gasteiger partial charge in [0.2, 0.25) is 0 Å². The van der Waals surface area contributed by atoms with E-state index in [1.807, 2.05) is 39.2 Å². The summed E-state index contributed by atoms with van der Waals surface area (Å²) in [6.45, 7) is 3.24. The van der Waals surface area contributed by atoms with Crippen molar-refractivity contribution < 1.29 is 19.1 Å². The predicted octanol–water partition coefficient (Wildman–Crippen LogP) is 5.23. The lowest BCUT2D eigenvalue weighted by molar-refractivity contribution is -0.118. The molecule has 0 atom stereocenters. The zero-order valence-electron chi connectivity index (χ0n) is 19.6. The van der Waals surface area contributed by atoms with Gasteiger partial charge in [0.05, 0.1) is 12.2 Å². The second-order valence-electron chi connectivity index (χ2n) is 8.15. The molecule has 3 aromatic carbocycles. The van der Waals surface area contributed by atoms with Crippen LogP contribution < -0.4 is 14.8 Å². The molecule has 6 nitrogen and oxygen atoms in total. The number of aryl methyl sites for hydroxylation is 1. The Labute approximate surface area is 205 Å². The number of benzene rings is 3. The van der Waals surface area contributed by atoms with Gasteiger partial charge in [-0.15, -0.1) is 0 Å². The topological polar surface area (TPSA) is 67.9 Å². The van der Waals surface area contributed by atoms with Crippen molar-refractivity contribution in [3.8, 4) is 11.5 Å². The van der Waals surface area contributed by atoms with Crippen LogP contribution >= 0.6 is 11.6 Å². The lowest BCUT2D eigenvalue weighted by atomic mass is 10.0. The first-order chi connectivity index (χ1) is 16.3. The Bertz CT molecular complexity index is 1130. The van der Waals surface area contributed by atoms with E-state index in [0.717, 1.165) is 24.3 Å². The number of anilines is 1. The van der Waals surface area contributed by atoms with Gasteiger partial charge < -0.3 is 19.7 Å². The molecule has 0 aliphatic carbocycles. The summed E-state index contributed by atoms with van der Waals surface area (Å²) in [4.78, 5) is 27.5. The molecule has 0 aromatic heterocycles. The fourth-order valence-electron chi connectivity index (χ4n) is 3.32. The van der Waals surface area contributed by atoms with E-state index in [-0.39, 0.29) is 18.3 Å². The summed E-state index contributed by atoms with van der Waals surface area (Å²) in [7, 11) is 4.06. The Morgan fingerprint density at radius 3 is 2.44 bits per heavy atom. The minimum absolute atomic E-state index is 0.226. The first kappa shape index (κ1) is 25.3. The van der Waals surface area contributed by atoms with Crippen molar-refractivity contribution in [2.45, 2.75) is 13.3 Å². The second kappa shape index (κ2) is 12.2. The van der Waals surface area contributed by atoms with Gasteiger partial charge in [0.25, 0.3) is 5.91 Å². The van der Waals surface area contributed by atoms with Crippen molar-refractivity contribution in [1.29, 1.82) is 0 Å². The highest BCUT2D eigenvalue weighted by Gasteiger charge is 2.16. The Balaban J connectivity index is 1.60. The van der Waals surface area contributed by atoms with E-state index >= 15 is 0 Å². The van der Waals surface area contributed by atoms with Crippen LogP contribution in [0.5, 0.6) is 11.5 Å². The van der Waals surface area contributed by atoms with E-state index in [0.29, 0.717) is 34.2 Å². The SMILES string of the molecule is Cc1cc(OCCCN(C)C)ccc1NC(=O)COc1ccc(Cl)cc1C(=O)c1ccccc1. The first-order valence-electron chi connectivity index (χ1n) is 11.0. The summed E-state index contributed by atoms with van der Waals surface area (Å²) in [5.41, 5.74) is 2.37. The molecule has 0 heterocycles. The number of amides is 1. The second-order valence-corrected chi connectivity index (χ2v) is 8.59. The minimum Gasteiger partial charge on any atom is -0.494 e. The summed E-state index contributed by atoms with van der Waals surface area (Å²) >= 11 is 6.10. The first-order valence-corrected chi connectivity index (χ1v) is 11.4. The molecule has 0 aliphatic heterocycles. The quantitative estimate of drug-likeness (QED) is 0.301. The molecule has 0 unspecified atom stereocenters. The predicted molar refractivity (Wildman–Crippen MR) is 135 cm³/mol. The lowest BCUT2D eigenvalue weighted by Gasteiger charge is -2.14. The highest BCUT2D eigenvalue weighted by Crippen LogP contribution is 2.26. The minimum atomic E-state index is -0.337. The molecule has 34 heavy (non-hydrogen) atoms. The van der Waals surface area contributed by atoms with Gasteiger partial charge in [-0.2, -0.15) is 0 Å². The van der Waals surface area contributed by atoms with Gasteiger partial charge in [0, 0.05) is 22.8 Å². The van der Waals surface area contributed by atoms with Crippen LogP contribution in [0.2, 0.25) is 5.02 Å². The molecular formula is C27H29ClN2O4. The van der Waals surface area contributed by atoms with Crippen molar-refractivity contribution in [2.75, 3.05) is 39.2 Å². The Morgan fingerprint density at radius 1 is 0.971 bits per heavy atom. The number of carbonyl (C=O) groups excluding carboxylic acids is 2. The molecular weight excluding hydrogens is 452 g/mol. The molecule has 0 fully saturated rings. The Kier molecular flexibility index (Phi) is 9.08.